The Morgan fingerprint density at radius 2 is 1.79 bits per heavy atom. The summed E-state index contributed by atoms with van der Waals surface area (Å²) >= 11 is 0. The maximum Gasteiger partial charge on any atom is 0.222 e. The number of amides is 1. The van der Waals surface area contributed by atoms with E-state index in [1.165, 1.54) is 0 Å². The average Bonchev–Trinajstić information content (AvgIpc) is 2.83. The number of para-hydroxylation sites is 1. The molecular formula is C19H18N4O. The molecule has 1 saturated heterocycles. The summed E-state index contributed by atoms with van der Waals surface area (Å²) in [5.74, 6) is 0.954. The molecule has 2 heterocycles. The first-order chi connectivity index (χ1) is 11.8. The smallest absolute Gasteiger partial charge is 0.222 e. The zero-order chi connectivity index (χ0) is 16.4. The molecule has 120 valence electrons. The third-order valence-electron chi connectivity index (χ3n) is 4.41. The van der Waals surface area contributed by atoms with Crippen LogP contribution in [0, 0.1) is 0 Å². The van der Waals surface area contributed by atoms with Crippen LogP contribution in [0.3, 0.4) is 0 Å². The highest BCUT2D eigenvalue weighted by atomic mass is 16.1. The van der Waals surface area contributed by atoms with Crippen molar-refractivity contribution in [3.05, 3.63) is 66.5 Å². The lowest BCUT2D eigenvalue weighted by atomic mass is 10.0. The molecule has 1 unspecified atom stereocenters. The average molecular weight is 318 g/mol. The number of benzene rings is 2. The fourth-order valence-corrected chi connectivity index (χ4v) is 3.28. The number of aromatic nitrogens is 2. The number of carbonyl (C=O) groups is 1. The highest BCUT2D eigenvalue weighted by molar-refractivity contribution is 5.90. The third-order valence-corrected chi connectivity index (χ3v) is 4.41. The van der Waals surface area contributed by atoms with Crippen LogP contribution in [-0.2, 0) is 4.79 Å². The van der Waals surface area contributed by atoms with Gasteiger partial charge in [0.25, 0.3) is 0 Å². The zero-order valence-electron chi connectivity index (χ0n) is 13.2. The first kappa shape index (κ1) is 14.6. The minimum atomic E-state index is -0.0352. The van der Waals surface area contributed by atoms with Crippen molar-refractivity contribution in [1.29, 1.82) is 0 Å². The van der Waals surface area contributed by atoms with Gasteiger partial charge in [-0.15, -0.1) is 0 Å². The predicted molar refractivity (Wildman–Crippen MR) is 93.7 cm³/mol. The van der Waals surface area contributed by atoms with Crippen molar-refractivity contribution in [2.45, 2.75) is 12.5 Å². The molecule has 0 bridgehead atoms. The number of nitrogens with one attached hydrogen (secondary N) is 1. The number of rotatable bonds is 2. The van der Waals surface area contributed by atoms with Gasteiger partial charge in [0.05, 0.1) is 18.0 Å². The van der Waals surface area contributed by atoms with Gasteiger partial charge in [0.2, 0.25) is 5.91 Å². The highest BCUT2D eigenvalue weighted by Crippen LogP contribution is 2.33. The molecule has 2 aromatic carbocycles. The van der Waals surface area contributed by atoms with Gasteiger partial charge in [-0.25, -0.2) is 9.97 Å². The summed E-state index contributed by atoms with van der Waals surface area (Å²) in [4.78, 5) is 23.3. The molecule has 1 fully saturated rings. The summed E-state index contributed by atoms with van der Waals surface area (Å²) in [7, 11) is 0. The lowest BCUT2D eigenvalue weighted by Gasteiger charge is -2.31. The van der Waals surface area contributed by atoms with Crippen molar-refractivity contribution in [2.75, 3.05) is 18.0 Å². The molecule has 0 saturated carbocycles. The molecule has 0 radical (unpaired) electrons. The van der Waals surface area contributed by atoms with Crippen LogP contribution in [-0.4, -0.2) is 29.0 Å². The Kier molecular flexibility index (Phi) is 3.83. The van der Waals surface area contributed by atoms with Gasteiger partial charge in [0.15, 0.2) is 0 Å². The van der Waals surface area contributed by atoms with Gasteiger partial charge in [0, 0.05) is 18.5 Å². The van der Waals surface area contributed by atoms with E-state index < -0.39 is 0 Å². The van der Waals surface area contributed by atoms with Crippen LogP contribution in [0.1, 0.15) is 18.0 Å². The fraction of sp³-hybridized carbons (Fsp3) is 0.211. The molecule has 0 spiro atoms. The van der Waals surface area contributed by atoms with Gasteiger partial charge in [-0.3, -0.25) is 4.79 Å². The van der Waals surface area contributed by atoms with E-state index in [-0.39, 0.29) is 11.9 Å². The van der Waals surface area contributed by atoms with Crippen LogP contribution in [0.15, 0.2) is 60.9 Å². The Bertz CT molecular complexity index is 860. The number of carbonyl (C=O) groups excluding carboxylic acids is 1. The SMILES string of the molecule is O=C1CC(c2ccccc2)N(c2ncnc3ccccc23)CCN1. The van der Waals surface area contributed by atoms with E-state index in [0.717, 1.165) is 22.3 Å². The molecule has 1 aliphatic rings. The Morgan fingerprint density at radius 1 is 1.00 bits per heavy atom. The number of anilines is 1. The van der Waals surface area contributed by atoms with Gasteiger partial charge >= 0.3 is 0 Å². The molecule has 0 aliphatic carbocycles. The summed E-state index contributed by atoms with van der Waals surface area (Å²) in [6.45, 7) is 1.33. The molecule has 1 aliphatic heterocycles. The van der Waals surface area contributed by atoms with E-state index in [0.29, 0.717) is 19.5 Å². The van der Waals surface area contributed by atoms with Crippen LogP contribution < -0.4 is 10.2 Å². The van der Waals surface area contributed by atoms with E-state index in [9.17, 15) is 4.79 Å². The third kappa shape index (κ3) is 2.69. The first-order valence-electron chi connectivity index (χ1n) is 8.11. The van der Waals surface area contributed by atoms with E-state index in [4.69, 9.17) is 0 Å². The van der Waals surface area contributed by atoms with Crippen molar-refractivity contribution in [3.8, 4) is 0 Å². The molecule has 1 amide bonds. The summed E-state index contributed by atoms with van der Waals surface area (Å²) in [6, 6.07) is 18.1. The monoisotopic (exact) mass is 318 g/mol. The normalized spacial score (nSPS) is 18.2. The van der Waals surface area contributed by atoms with Gasteiger partial charge < -0.3 is 10.2 Å². The Labute approximate surface area is 140 Å². The maximum atomic E-state index is 12.1. The van der Waals surface area contributed by atoms with Gasteiger partial charge in [0.1, 0.15) is 12.1 Å². The second-order valence-electron chi connectivity index (χ2n) is 5.89. The first-order valence-corrected chi connectivity index (χ1v) is 8.11. The lowest BCUT2D eigenvalue weighted by molar-refractivity contribution is -0.121. The van der Waals surface area contributed by atoms with E-state index in [1.807, 2.05) is 42.5 Å². The van der Waals surface area contributed by atoms with Crippen molar-refractivity contribution in [2.24, 2.45) is 0 Å². The number of nitrogens with zero attached hydrogens (tertiary/aromatic N) is 3. The number of fused-ring (bicyclic) bond motifs is 1. The molecule has 1 atom stereocenters. The summed E-state index contributed by atoms with van der Waals surface area (Å²) < 4.78 is 0. The van der Waals surface area contributed by atoms with Crippen LogP contribution in [0.5, 0.6) is 0 Å². The number of hydrogen-bond donors (Lipinski definition) is 1. The van der Waals surface area contributed by atoms with Crippen molar-refractivity contribution >= 4 is 22.6 Å². The second kappa shape index (κ2) is 6.28. The Morgan fingerprint density at radius 3 is 2.67 bits per heavy atom. The maximum absolute atomic E-state index is 12.1. The van der Waals surface area contributed by atoms with E-state index in [2.05, 4.69) is 32.3 Å². The Hall–Kier alpha value is -2.95. The minimum absolute atomic E-state index is 0.0352. The largest absolute Gasteiger partial charge is 0.354 e. The van der Waals surface area contributed by atoms with Crippen molar-refractivity contribution < 1.29 is 4.79 Å². The Balaban J connectivity index is 1.84. The fourth-order valence-electron chi connectivity index (χ4n) is 3.28. The highest BCUT2D eigenvalue weighted by Gasteiger charge is 2.28. The predicted octanol–water partition coefficient (Wildman–Crippen LogP) is 2.70. The summed E-state index contributed by atoms with van der Waals surface area (Å²) in [5, 5.41) is 3.98. The molecule has 1 N–H and O–H groups in total. The molecule has 24 heavy (non-hydrogen) atoms. The molecular weight excluding hydrogens is 300 g/mol. The summed E-state index contributed by atoms with van der Waals surface area (Å²) in [5.41, 5.74) is 2.04. The van der Waals surface area contributed by atoms with Crippen molar-refractivity contribution in [3.63, 3.8) is 0 Å². The van der Waals surface area contributed by atoms with Gasteiger partial charge in [-0.2, -0.15) is 0 Å². The molecule has 3 aromatic rings. The van der Waals surface area contributed by atoms with E-state index >= 15 is 0 Å². The van der Waals surface area contributed by atoms with Crippen LogP contribution in [0.25, 0.3) is 10.9 Å². The minimum Gasteiger partial charge on any atom is -0.354 e. The lowest BCUT2D eigenvalue weighted by Crippen LogP contribution is -2.31. The van der Waals surface area contributed by atoms with Crippen LogP contribution >= 0.6 is 0 Å². The molecule has 4 rings (SSSR count). The molecule has 1 aromatic heterocycles. The summed E-state index contributed by atoms with van der Waals surface area (Å²) in [6.07, 6.45) is 2.02. The number of hydrogen-bond acceptors (Lipinski definition) is 4. The standard InChI is InChI=1S/C19H18N4O/c24-18-12-17(14-6-2-1-3-7-14)23(11-10-20-18)19-15-8-4-5-9-16(15)21-13-22-19/h1-9,13,17H,10-12H2,(H,20,24). The van der Waals surface area contributed by atoms with Crippen LogP contribution in [0.4, 0.5) is 5.82 Å². The molecule has 5 heteroatoms. The second-order valence-corrected chi connectivity index (χ2v) is 5.89. The van der Waals surface area contributed by atoms with Gasteiger partial charge in [-0.1, -0.05) is 42.5 Å². The topological polar surface area (TPSA) is 58.1 Å². The zero-order valence-corrected chi connectivity index (χ0v) is 13.2. The van der Waals surface area contributed by atoms with E-state index in [1.54, 1.807) is 6.33 Å². The quantitative estimate of drug-likeness (QED) is 0.789. The molecule has 5 nitrogen and oxygen atoms in total. The van der Waals surface area contributed by atoms with Crippen LogP contribution in [0.2, 0.25) is 0 Å². The van der Waals surface area contributed by atoms with Crippen molar-refractivity contribution in [1.82, 2.24) is 15.3 Å². The van der Waals surface area contributed by atoms with Gasteiger partial charge in [-0.05, 0) is 17.7 Å².